The van der Waals surface area contributed by atoms with Crippen LogP contribution in [0.4, 0.5) is 8.78 Å². The molecule has 0 fully saturated rings. The number of carbonyl (C=O) groups is 2. The van der Waals surface area contributed by atoms with Gasteiger partial charge in [-0.2, -0.15) is 0 Å². The molecule has 4 aromatic rings. The second-order valence-corrected chi connectivity index (χ2v) is 12.9. The van der Waals surface area contributed by atoms with Crippen molar-refractivity contribution in [3.05, 3.63) is 94.8 Å². The number of halogens is 2. The molecule has 0 radical (unpaired) electrons. The summed E-state index contributed by atoms with van der Waals surface area (Å²) in [5, 5.41) is 9.18. The Hall–Kier alpha value is -4.86. The molecular weight excluding hydrogens is 618 g/mol. The van der Waals surface area contributed by atoms with Crippen LogP contribution in [0.3, 0.4) is 0 Å². The van der Waals surface area contributed by atoms with Gasteiger partial charge in [0.1, 0.15) is 17.2 Å². The van der Waals surface area contributed by atoms with Crippen molar-refractivity contribution in [3.8, 4) is 34.0 Å². The van der Waals surface area contributed by atoms with Gasteiger partial charge >= 0.3 is 11.9 Å². The number of carboxylic acid groups (broad SMARTS) is 1. The summed E-state index contributed by atoms with van der Waals surface area (Å²) in [6.07, 6.45) is 3.07. The van der Waals surface area contributed by atoms with Gasteiger partial charge in [-0.15, -0.1) is 0 Å². The fourth-order valence-electron chi connectivity index (χ4n) is 5.31. The third-order valence-corrected chi connectivity index (χ3v) is 7.32. The molecule has 0 spiro atoms. The zero-order valence-electron chi connectivity index (χ0n) is 29.0. The standard InChI is InChI=1S/C21H26FNO3.C17H18FNO3/c1-13(2)16-10-15(22)11-17(14-7-8-23-19(9-14)25-6)18(16)12-20(24)26-21(3,4)5;1-10(2)13-7-12(18)8-14(15(13)9-17(20)21)11-4-5-19-16(6-11)22-3/h7-11,13H,12H2,1-6H3;4-8,10H,9H2,1-3H3,(H,20,21). The van der Waals surface area contributed by atoms with Crippen LogP contribution in [0.1, 0.15) is 82.6 Å². The van der Waals surface area contributed by atoms with Crippen LogP contribution in [0.5, 0.6) is 11.8 Å². The Morgan fingerprint density at radius 3 is 1.50 bits per heavy atom. The summed E-state index contributed by atoms with van der Waals surface area (Å²) in [6, 6.07) is 12.6. The molecule has 0 bridgehead atoms. The van der Waals surface area contributed by atoms with Gasteiger partial charge in [0.05, 0.1) is 27.1 Å². The summed E-state index contributed by atoms with van der Waals surface area (Å²) in [5.41, 5.74) is 4.96. The van der Waals surface area contributed by atoms with Crippen molar-refractivity contribution in [1.82, 2.24) is 9.97 Å². The number of hydrogen-bond donors (Lipinski definition) is 1. The van der Waals surface area contributed by atoms with E-state index >= 15 is 0 Å². The first kappa shape index (κ1) is 37.6. The zero-order chi connectivity index (χ0) is 35.8. The van der Waals surface area contributed by atoms with E-state index in [1.165, 1.54) is 38.5 Å². The summed E-state index contributed by atoms with van der Waals surface area (Å²) < 4.78 is 44.0. The first-order valence-electron chi connectivity index (χ1n) is 15.6. The van der Waals surface area contributed by atoms with Gasteiger partial charge in [0.25, 0.3) is 0 Å². The average Bonchev–Trinajstić information content (AvgIpc) is 3.01. The zero-order valence-corrected chi connectivity index (χ0v) is 29.0. The van der Waals surface area contributed by atoms with Gasteiger partial charge < -0.3 is 19.3 Å². The highest BCUT2D eigenvalue weighted by Crippen LogP contribution is 2.35. The number of aromatic nitrogens is 2. The summed E-state index contributed by atoms with van der Waals surface area (Å²) in [6.45, 7) is 13.3. The molecule has 256 valence electrons. The van der Waals surface area contributed by atoms with Crippen LogP contribution in [0.25, 0.3) is 22.3 Å². The Bertz CT molecular complexity index is 1750. The molecule has 0 aliphatic carbocycles. The predicted octanol–water partition coefficient (Wildman–Crippen LogP) is 8.55. The molecule has 0 atom stereocenters. The van der Waals surface area contributed by atoms with E-state index < -0.39 is 11.6 Å². The quantitative estimate of drug-likeness (QED) is 0.168. The number of benzene rings is 2. The van der Waals surface area contributed by atoms with Crippen LogP contribution in [-0.2, 0) is 27.2 Å². The lowest BCUT2D eigenvalue weighted by Gasteiger charge is -2.22. The minimum absolute atomic E-state index is 0.0209. The Kier molecular flexibility index (Phi) is 12.8. The third-order valence-electron chi connectivity index (χ3n) is 7.32. The molecule has 8 nitrogen and oxygen atoms in total. The van der Waals surface area contributed by atoms with Crippen LogP contribution >= 0.6 is 0 Å². The lowest BCUT2D eigenvalue weighted by Crippen LogP contribution is -2.25. The molecule has 1 N–H and O–H groups in total. The van der Waals surface area contributed by atoms with E-state index in [2.05, 4.69) is 9.97 Å². The number of nitrogens with zero attached hydrogens (tertiary/aromatic N) is 2. The SMILES string of the molecule is COc1cc(-c2cc(F)cc(C(C)C)c2CC(=O)O)ccn1.COc1cc(-c2cc(F)cc(C(C)C)c2CC(=O)OC(C)(C)C)ccn1. The van der Waals surface area contributed by atoms with Gasteiger partial charge in [-0.25, -0.2) is 18.7 Å². The topological polar surface area (TPSA) is 108 Å². The Balaban J connectivity index is 0.000000264. The van der Waals surface area contributed by atoms with Gasteiger partial charge in [-0.05, 0) is 114 Å². The van der Waals surface area contributed by atoms with Gasteiger partial charge in [0.2, 0.25) is 11.8 Å². The van der Waals surface area contributed by atoms with Gasteiger partial charge in [-0.3, -0.25) is 9.59 Å². The number of aliphatic carboxylic acids is 1. The number of ether oxygens (including phenoxy) is 3. The Labute approximate surface area is 281 Å². The normalized spacial score (nSPS) is 11.2. The van der Waals surface area contributed by atoms with E-state index in [4.69, 9.17) is 14.2 Å². The summed E-state index contributed by atoms with van der Waals surface area (Å²) in [4.78, 5) is 31.8. The number of rotatable bonds is 10. The second kappa shape index (κ2) is 16.3. The Morgan fingerprint density at radius 1 is 0.729 bits per heavy atom. The molecule has 2 heterocycles. The van der Waals surface area contributed by atoms with E-state index in [1.54, 1.807) is 36.7 Å². The summed E-state index contributed by atoms with van der Waals surface area (Å²) in [7, 11) is 3.02. The predicted molar refractivity (Wildman–Crippen MR) is 181 cm³/mol. The highest BCUT2D eigenvalue weighted by Gasteiger charge is 2.23. The maximum atomic E-state index is 14.3. The molecule has 48 heavy (non-hydrogen) atoms. The van der Waals surface area contributed by atoms with Gasteiger partial charge in [-0.1, -0.05) is 27.7 Å². The lowest BCUT2D eigenvalue weighted by molar-refractivity contribution is -0.154. The molecule has 2 aromatic heterocycles. The fourth-order valence-corrected chi connectivity index (χ4v) is 5.31. The van der Waals surface area contributed by atoms with E-state index in [1.807, 2.05) is 48.5 Å². The molecular formula is C38H44F2N2O6. The monoisotopic (exact) mass is 662 g/mol. The molecule has 0 saturated heterocycles. The number of esters is 1. The maximum Gasteiger partial charge on any atom is 0.310 e. The smallest absolute Gasteiger partial charge is 0.310 e. The number of methoxy groups -OCH3 is 2. The first-order chi connectivity index (χ1) is 22.5. The molecule has 10 heteroatoms. The van der Waals surface area contributed by atoms with Crippen LogP contribution in [0.15, 0.2) is 60.9 Å². The number of pyridine rings is 2. The molecule has 0 aliphatic heterocycles. The van der Waals surface area contributed by atoms with Gasteiger partial charge in [0.15, 0.2) is 0 Å². The summed E-state index contributed by atoms with van der Waals surface area (Å²) in [5.74, 6) is -1.10. The fraction of sp³-hybridized carbons (Fsp3) is 0.368. The third kappa shape index (κ3) is 10.3. The van der Waals surface area contributed by atoms with Crippen LogP contribution < -0.4 is 9.47 Å². The molecule has 2 aromatic carbocycles. The average molecular weight is 663 g/mol. The van der Waals surface area contributed by atoms with E-state index in [0.29, 0.717) is 39.6 Å². The van der Waals surface area contributed by atoms with Crippen molar-refractivity contribution < 1.29 is 37.7 Å². The minimum atomic E-state index is -0.948. The van der Waals surface area contributed by atoms with Crippen molar-refractivity contribution in [2.45, 2.75) is 78.7 Å². The van der Waals surface area contributed by atoms with Gasteiger partial charge in [0, 0.05) is 24.5 Å². The van der Waals surface area contributed by atoms with Crippen LogP contribution in [-0.4, -0.2) is 46.8 Å². The number of hydrogen-bond acceptors (Lipinski definition) is 7. The number of carboxylic acids is 1. The van der Waals surface area contributed by atoms with E-state index in [0.717, 1.165) is 16.7 Å². The molecule has 4 rings (SSSR count). The highest BCUT2D eigenvalue weighted by atomic mass is 19.1. The van der Waals surface area contributed by atoms with Crippen molar-refractivity contribution in [3.63, 3.8) is 0 Å². The maximum absolute atomic E-state index is 14.3. The first-order valence-corrected chi connectivity index (χ1v) is 15.6. The molecule has 0 saturated carbocycles. The van der Waals surface area contributed by atoms with Crippen molar-refractivity contribution >= 4 is 11.9 Å². The Morgan fingerprint density at radius 2 is 1.15 bits per heavy atom. The second-order valence-electron chi connectivity index (χ2n) is 12.9. The largest absolute Gasteiger partial charge is 0.481 e. The van der Waals surface area contributed by atoms with Crippen LogP contribution in [0, 0.1) is 11.6 Å². The molecule has 0 unspecified atom stereocenters. The van der Waals surface area contributed by atoms with Crippen molar-refractivity contribution in [1.29, 1.82) is 0 Å². The lowest BCUT2D eigenvalue weighted by atomic mass is 9.88. The van der Waals surface area contributed by atoms with Crippen molar-refractivity contribution in [2.75, 3.05) is 14.2 Å². The minimum Gasteiger partial charge on any atom is -0.481 e. The summed E-state index contributed by atoms with van der Waals surface area (Å²) >= 11 is 0. The van der Waals surface area contributed by atoms with Crippen LogP contribution in [0.2, 0.25) is 0 Å². The highest BCUT2D eigenvalue weighted by molar-refractivity contribution is 5.80. The van der Waals surface area contributed by atoms with Crippen molar-refractivity contribution in [2.24, 2.45) is 0 Å². The van der Waals surface area contributed by atoms with E-state index in [9.17, 15) is 23.5 Å². The molecule has 0 aliphatic rings. The number of carbonyl (C=O) groups excluding carboxylic acids is 1. The van der Waals surface area contributed by atoms with E-state index in [-0.39, 0.29) is 42.3 Å². The molecule has 0 amide bonds.